The first-order valence-electron chi connectivity index (χ1n) is 10.2. The summed E-state index contributed by atoms with van der Waals surface area (Å²) >= 11 is 1.23. The molecule has 2 heterocycles. The molecule has 9 heteroatoms. The summed E-state index contributed by atoms with van der Waals surface area (Å²) in [5, 5.41) is 2.90. The lowest BCUT2D eigenvalue weighted by Crippen LogP contribution is -2.40. The van der Waals surface area contributed by atoms with Crippen LogP contribution >= 0.6 is 11.3 Å². The molecule has 0 unspecified atom stereocenters. The minimum absolute atomic E-state index is 0.172. The maximum atomic E-state index is 12.8. The average Bonchev–Trinajstić information content (AvgIpc) is 3.35. The van der Waals surface area contributed by atoms with Gasteiger partial charge in [0.1, 0.15) is 9.96 Å². The van der Waals surface area contributed by atoms with E-state index in [1.165, 1.54) is 15.6 Å². The van der Waals surface area contributed by atoms with E-state index in [-0.39, 0.29) is 5.91 Å². The maximum Gasteiger partial charge on any atom is 0.252 e. The van der Waals surface area contributed by atoms with Crippen LogP contribution in [0.25, 0.3) is 10.4 Å². The molecule has 0 radical (unpaired) electrons. The molecule has 1 aliphatic heterocycles. The Kier molecular flexibility index (Phi) is 6.90. The van der Waals surface area contributed by atoms with Crippen molar-refractivity contribution in [3.63, 3.8) is 0 Å². The van der Waals surface area contributed by atoms with Crippen molar-refractivity contribution in [1.29, 1.82) is 0 Å². The van der Waals surface area contributed by atoms with Crippen molar-refractivity contribution in [3.05, 3.63) is 71.8 Å². The molecule has 0 saturated carbocycles. The summed E-state index contributed by atoms with van der Waals surface area (Å²) in [5.74, 6) is 0.597. The van der Waals surface area contributed by atoms with Crippen molar-refractivity contribution < 1.29 is 22.7 Å². The van der Waals surface area contributed by atoms with E-state index in [1.807, 2.05) is 36.4 Å². The molecular weight excluding hydrogens is 448 g/mol. The van der Waals surface area contributed by atoms with Gasteiger partial charge in [-0.05, 0) is 47.5 Å². The van der Waals surface area contributed by atoms with E-state index in [0.717, 1.165) is 21.8 Å². The predicted octanol–water partition coefficient (Wildman–Crippen LogP) is 3.37. The van der Waals surface area contributed by atoms with Crippen LogP contribution in [0.15, 0.2) is 64.9 Å². The quantitative estimate of drug-likeness (QED) is 0.570. The zero-order valence-electron chi connectivity index (χ0n) is 17.6. The molecule has 1 aliphatic rings. The van der Waals surface area contributed by atoms with Gasteiger partial charge in [0.25, 0.3) is 15.9 Å². The van der Waals surface area contributed by atoms with E-state index < -0.39 is 10.0 Å². The Balaban J connectivity index is 1.40. The Morgan fingerprint density at radius 3 is 2.38 bits per heavy atom. The number of hydrogen-bond donors (Lipinski definition) is 1. The van der Waals surface area contributed by atoms with Gasteiger partial charge < -0.3 is 14.8 Å². The number of benzene rings is 2. The highest BCUT2D eigenvalue weighted by Gasteiger charge is 2.27. The molecule has 7 nitrogen and oxygen atoms in total. The van der Waals surface area contributed by atoms with Crippen LogP contribution in [-0.4, -0.2) is 52.0 Å². The Hall–Kier alpha value is -2.72. The van der Waals surface area contributed by atoms with E-state index >= 15 is 0 Å². The number of sulfonamides is 1. The van der Waals surface area contributed by atoms with Crippen LogP contribution in [0.5, 0.6) is 5.75 Å². The molecule has 1 aromatic heterocycles. The minimum Gasteiger partial charge on any atom is -0.497 e. The summed E-state index contributed by atoms with van der Waals surface area (Å²) in [6.45, 7) is 1.99. The van der Waals surface area contributed by atoms with Gasteiger partial charge in [0, 0.05) is 30.1 Å². The summed E-state index contributed by atoms with van der Waals surface area (Å²) in [6, 6.07) is 18.1. The van der Waals surface area contributed by atoms with Gasteiger partial charge >= 0.3 is 0 Å². The maximum absolute atomic E-state index is 12.8. The first-order chi connectivity index (χ1) is 15.5. The van der Waals surface area contributed by atoms with Crippen molar-refractivity contribution in [1.82, 2.24) is 9.62 Å². The van der Waals surface area contributed by atoms with E-state index in [4.69, 9.17) is 9.47 Å². The molecule has 1 amide bonds. The van der Waals surface area contributed by atoms with Gasteiger partial charge in [-0.2, -0.15) is 4.31 Å². The summed E-state index contributed by atoms with van der Waals surface area (Å²) in [4.78, 5) is 13.3. The molecule has 1 N–H and O–H groups in total. The molecule has 0 bridgehead atoms. The van der Waals surface area contributed by atoms with E-state index in [9.17, 15) is 13.2 Å². The fraction of sp³-hybridized carbons (Fsp3) is 0.261. The lowest BCUT2D eigenvalue weighted by Gasteiger charge is -2.25. The number of amides is 1. The largest absolute Gasteiger partial charge is 0.497 e. The summed E-state index contributed by atoms with van der Waals surface area (Å²) in [6.07, 6.45) is 0. The number of morpholine rings is 1. The highest BCUT2D eigenvalue weighted by molar-refractivity contribution is 7.91. The number of nitrogens with one attached hydrogen (secondary N) is 1. The van der Waals surface area contributed by atoms with E-state index in [1.54, 1.807) is 31.4 Å². The van der Waals surface area contributed by atoms with Crippen LogP contribution in [0.4, 0.5) is 0 Å². The number of hydrogen-bond acceptors (Lipinski definition) is 6. The monoisotopic (exact) mass is 472 g/mol. The second-order valence-corrected chi connectivity index (χ2v) is 10.5. The number of thiophene rings is 1. The second kappa shape index (κ2) is 9.83. The van der Waals surface area contributed by atoms with Crippen molar-refractivity contribution in [2.45, 2.75) is 10.8 Å². The zero-order chi connectivity index (χ0) is 22.6. The van der Waals surface area contributed by atoms with Gasteiger partial charge in [-0.15, -0.1) is 11.3 Å². The number of methoxy groups -OCH3 is 1. The predicted molar refractivity (Wildman–Crippen MR) is 123 cm³/mol. The molecular formula is C23H24N2O5S2. The SMILES string of the molecule is COc1ccc(CNC(=O)c2ccc(-c3ccc(S(=O)(=O)N4CCOCC4)s3)cc2)cc1. The first kappa shape index (κ1) is 22.5. The Labute approximate surface area is 191 Å². The van der Waals surface area contributed by atoms with E-state index in [0.29, 0.717) is 42.6 Å². The van der Waals surface area contributed by atoms with Crippen molar-refractivity contribution in [3.8, 4) is 16.2 Å². The summed E-state index contributed by atoms with van der Waals surface area (Å²) in [5.41, 5.74) is 2.38. The van der Waals surface area contributed by atoms with Crippen LogP contribution in [0.3, 0.4) is 0 Å². The molecule has 2 aromatic carbocycles. The highest BCUT2D eigenvalue weighted by Crippen LogP contribution is 2.32. The van der Waals surface area contributed by atoms with Gasteiger partial charge in [0.2, 0.25) is 0 Å². The molecule has 0 aliphatic carbocycles. The second-order valence-electron chi connectivity index (χ2n) is 7.24. The molecule has 0 spiro atoms. The average molecular weight is 473 g/mol. The van der Waals surface area contributed by atoms with Crippen LogP contribution < -0.4 is 10.1 Å². The van der Waals surface area contributed by atoms with Gasteiger partial charge in [-0.1, -0.05) is 24.3 Å². The van der Waals surface area contributed by atoms with Crippen LogP contribution in [0, 0.1) is 0 Å². The molecule has 0 atom stereocenters. The molecule has 1 saturated heterocycles. The standard InChI is InChI=1S/C23H24N2O5S2/c1-29-20-8-2-17(3-9-20)16-24-23(26)19-6-4-18(5-7-19)21-10-11-22(31-21)32(27,28)25-12-14-30-15-13-25/h2-11H,12-16H2,1H3,(H,24,26). The molecule has 1 fully saturated rings. The van der Waals surface area contributed by atoms with Crippen LogP contribution in [0.2, 0.25) is 0 Å². The normalized spacial score (nSPS) is 14.8. The Bertz CT molecular complexity index is 1170. The molecule has 4 rings (SSSR count). The topological polar surface area (TPSA) is 84.9 Å². The summed E-state index contributed by atoms with van der Waals surface area (Å²) in [7, 11) is -1.90. The zero-order valence-corrected chi connectivity index (χ0v) is 19.2. The van der Waals surface area contributed by atoms with E-state index in [2.05, 4.69) is 5.32 Å². The van der Waals surface area contributed by atoms with Crippen molar-refractivity contribution in [2.24, 2.45) is 0 Å². The number of nitrogens with zero attached hydrogens (tertiary/aromatic N) is 1. The Morgan fingerprint density at radius 1 is 1.03 bits per heavy atom. The lowest BCUT2D eigenvalue weighted by molar-refractivity contribution is 0.0731. The number of carbonyl (C=O) groups excluding carboxylic acids is 1. The molecule has 168 valence electrons. The van der Waals surface area contributed by atoms with Gasteiger partial charge in [-0.25, -0.2) is 8.42 Å². The van der Waals surface area contributed by atoms with Crippen LogP contribution in [-0.2, 0) is 21.3 Å². The third-order valence-corrected chi connectivity index (χ3v) is 8.69. The third-order valence-electron chi connectivity index (χ3n) is 5.19. The van der Waals surface area contributed by atoms with Gasteiger partial charge in [0.05, 0.1) is 20.3 Å². The summed E-state index contributed by atoms with van der Waals surface area (Å²) < 4.78 is 37.8. The number of ether oxygens (including phenoxy) is 2. The lowest BCUT2D eigenvalue weighted by atomic mass is 10.1. The molecule has 32 heavy (non-hydrogen) atoms. The van der Waals surface area contributed by atoms with Crippen LogP contribution in [0.1, 0.15) is 15.9 Å². The fourth-order valence-electron chi connectivity index (χ4n) is 3.34. The first-order valence-corrected chi connectivity index (χ1v) is 12.4. The minimum atomic E-state index is -3.51. The van der Waals surface area contributed by atoms with Crippen molar-refractivity contribution in [2.75, 3.05) is 33.4 Å². The Morgan fingerprint density at radius 2 is 1.72 bits per heavy atom. The number of carbonyl (C=O) groups is 1. The fourth-order valence-corrected chi connectivity index (χ4v) is 6.22. The van der Waals surface area contributed by atoms with Gasteiger partial charge in [-0.3, -0.25) is 4.79 Å². The third kappa shape index (κ3) is 5.02. The molecule has 3 aromatic rings. The van der Waals surface area contributed by atoms with Gasteiger partial charge in [0.15, 0.2) is 0 Å². The highest BCUT2D eigenvalue weighted by atomic mass is 32.2. The van der Waals surface area contributed by atoms with Crippen molar-refractivity contribution >= 4 is 27.3 Å². The smallest absolute Gasteiger partial charge is 0.252 e. The number of rotatable bonds is 7.